The van der Waals surface area contributed by atoms with Crippen LogP contribution < -0.4 is 15.4 Å². The molecule has 3 aromatic rings. The standard InChI is InChI=1S/C24H27FN6O3S.2ClH/c1-34-22-5-3-18-23(30-22)15(16(25)11-27-18)6-8-31-9-7-17(19(32)12-31)26-10-14-2-4-20-24(28-14)29-21(33)13-35-20;;/h2-5,11,17,19,26,32H,6-10,12-13H2,1H3,(H,28,29,33);2*1H/t17-,19-;;/m0../s1. The van der Waals surface area contributed by atoms with Crippen molar-refractivity contribution < 1.29 is 19.0 Å². The minimum absolute atomic E-state index is 0. The van der Waals surface area contributed by atoms with Crippen LogP contribution in [0.1, 0.15) is 17.7 Å². The summed E-state index contributed by atoms with van der Waals surface area (Å²) in [6, 6.07) is 7.32. The van der Waals surface area contributed by atoms with Gasteiger partial charge in [0.25, 0.3) is 0 Å². The number of rotatable bonds is 7. The lowest BCUT2D eigenvalue weighted by molar-refractivity contribution is -0.113. The van der Waals surface area contributed by atoms with E-state index in [0.29, 0.717) is 60.1 Å². The number of fused-ring (bicyclic) bond motifs is 2. The van der Waals surface area contributed by atoms with E-state index < -0.39 is 6.10 Å². The number of anilines is 1. The zero-order valence-corrected chi connectivity index (χ0v) is 22.6. The van der Waals surface area contributed by atoms with Crippen molar-refractivity contribution in [3.8, 4) is 5.88 Å². The lowest BCUT2D eigenvalue weighted by Crippen LogP contribution is -2.52. The number of carbonyl (C=O) groups excluding carboxylic acids is 1. The van der Waals surface area contributed by atoms with Crippen LogP contribution in [0.2, 0.25) is 0 Å². The first-order valence-electron chi connectivity index (χ1n) is 11.5. The summed E-state index contributed by atoms with van der Waals surface area (Å²) >= 11 is 1.48. The first kappa shape index (κ1) is 29.3. The van der Waals surface area contributed by atoms with Gasteiger partial charge in [0.15, 0.2) is 0 Å². The number of hydrogen-bond acceptors (Lipinski definition) is 9. The maximum Gasteiger partial charge on any atom is 0.235 e. The predicted molar refractivity (Wildman–Crippen MR) is 146 cm³/mol. The van der Waals surface area contributed by atoms with E-state index in [9.17, 15) is 14.3 Å². The molecular formula is C24H29Cl2FN6O3S. The van der Waals surface area contributed by atoms with E-state index >= 15 is 0 Å². The summed E-state index contributed by atoms with van der Waals surface area (Å²) in [5, 5.41) is 16.9. The van der Waals surface area contributed by atoms with Crippen molar-refractivity contribution in [3.05, 3.63) is 47.5 Å². The lowest BCUT2D eigenvalue weighted by atomic mass is 10.0. The van der Waals surface area contributed by atoms with Gasteiger partial charge >= 0.3 is 0 Å². The van der Waals surface area contributed by atoms with Crippen LogP contribution in [0.15, 0.2) is 35.4 Å². The second-order valence-corrected chi connectivity index (χ2v) is 9.70. The number of thioether (sulfide) groups is 1. The van der Waals surface area contributed by atoms with Gasteiger partial charge in [-0.25, -0.2) is 14.4 Å². The molecule has 0 bridgehead atoms. The maximum absolute atomic E-state index is 14.6. The number of aliphatic hydroxyl groups excluding tert-OH is 1. The number of pyridine rings is 3. The van der Waals surface area contributed by atoms with E-state index in [-0.39, 0.29) is 42.6 Å². The van der Waals surface area contributed by atoms with Gasteiger partial charge in [-0.2, -0.15) is 0 Å². The van der Waals surface area contributed by atoms with Gasteiger partial charge in [-0.15, -0.1) is 36.6 Å². The molecule has 2 atom stereocenters. The van der Waals surface area contributed by atoms with E-state index in [2.05, 4.69) is 30.5 Å². The molecule has 2 aliphatic heterocycles. The number of hydrogen-bond donors (Lipinski definition) is 3. The molecule has 0 radical (unpaired) electrons. The number of β-amino-alcohol motifs (C(OH)–C–C–N with tert-alkyl or cyclic N) is 1. The quantitative estimate of drug-likeness (QED) is 0.394. The minimum Gasteiger partial charge on any atom is -0.481 e. The van der Waals surface area contributed by atoms with Crippen molar-refractivity contribution in [3.63, 3.8) is 0 Å². The van der Waals surface area contributed by atoms with Crippen LogP contribution in [-0.4, -0.2) is 75.5 Å². The Labute approximate surface area is 230 Å². The molecule has 13 heteroatoms. The van der Waals surface area contributed by atoms with Crippen LogP contribution in [0.25, 0.3) is 11.0 Å². The summed E-state index contributed by atoms with van der Waals surface area (Å²) in [6.07, 6.45) is 1.88. The van der Waals surface area contributed by atoms with Crippen LogP contribution in [0, 0.1) is 5.82 Å². The Morgan fingerprint density at radius 1 is 1.27 bits per heavy atom. The van der Waals surface area contributed by atoms with Gasteiger partial charge in [0.2, 0.25) is 11.8 Å². The minimum atomic E-state index is -0.561. The summed E-state index contributed by atoms with van der Waals surface area (Å²) in [6.45, 7) is 2.36. The Balaban J connectivity index is 0.00000190. The van der Waals surface area contributed by atoms with Crippen molar-refractivity contribution in [1.82, 2.24) is 25.2 Å². The Bertz CT molecular complexity index is 1260. The number of piperidine rings is 1. The number of likely N-dealkylation sites (tertiary alicyclic amines) is 1. The Morgan fingerprint density at radius 3 is 2.89 bits per heavy atom. The monoisotopic (exact) mass is 570 g/mol. The first-order chi connectivity index (χ1) is 17.0. The third kappa shape index (κ3) is 6.78. The van der Waals surface area contributed by atoms with Gasteiger partial charge < -0.3 is 25.4 Å². The Morgan fingerprint density at radius 2 is 2.11 bits per heavy atom. The molecule has 3 aromatic heterocycles. The average molecular weight is 572 g/mol. The van der Waals surface area contributed by atoms with Crippen molar-refractivity contribution >= 4 is 59.3 Å². The first-order valence-corrected chi connectivity index (χ1v) is 12.5. The third-order valence-corrected chi connectivity index (χ3v) is 7.42. The van der Waals surface area contributed by atoms with E-state index in [1.807, 2.05) is 12.1 Å². The average Bonchev–Trinajstić information content (AvgIpc) is 2.87. The normalized spacial score (nSPS) is 19.4. The Kier molecular flexibility index (Phi) is 10.3. The molecule has 0 saturated carbocycles. The molecule has 3 N–H and O–H groups in total. The van der Waals surface area contributed by atoms with Crippen LogP contribution in [-0.2, 0) is 17.8 Å². The largest absolute Gasteiger partial charge is 0.481 e. The van der Waals surface area contributed by atoms with Gasteiger partial charge in [-0.05, 0) is 37.6 Å². The molecule has 200 valence electrons. The number of methoxy groups -OCH3 is 1. The van der Waals surface area contributed by atoms with Crippen molar-refractivity contribution in [2.45, 2.75) is 36.4 Å². The van der Waals surface area contributed by atoms with Gasteiger partial charge in [-0.1, -0.05) is 0 Å². The van der Waals surface area contributed by atoms with Gasteiger partial charge in [0.1, 0.15) is 11.6 Å². The summed E-state index contributed by atoms with van der Waals surface area (Å²) < 4.78 is 19.8. The number of carbonyl (C=O) groups is 1. The molecule has 1 amide bonds. The zero-order valence-electron chi connectivity index (χ0n) is 20.1. The number of ether oxygens (including phenoxy) is 1. The molecular weight excluding hydrogens is 542 g/mol. The van der Waals surface area contributed by atoms with Gasteiger partial charge in [0, 0.05) is 37.3 Å². The maximum atomic E-state index is 14.6. The zero-order chi connectivity index (χ0) is 24.4. The molecule has 0 spiro atoms. The Hall–Kier alpha value is -2.28. The number of aromatic nitrogens is 3. The second kappa shape index (κ2) is 13.0. The number of halogens is 3. The molecule has 1 saturated heterocycles. The molecule has 5 rings (SSSR count). The second-order valence-electron chi connectivity index (χ2n) is 8.69. The highest BCUT2D eigenvalue weighted by Gasteiger charge is 2.28. The summed E-state index contributed by atoms with van der Waals surface area (Å²) in [4.78, 5) is 27.8. The molecule has 9 nitrogen and oxygen atoms in total. The van der Waals surface area contributed by atoms with Crippen LogP contribution in [0.3, 0.4) is 0 Å². The fourth-order valence-corrected chi connectivity index (χ4v) is 5.23. The molecule has 0 aliphatic carbocycles. The van der Waals surface area contributed by atoms with Gasteiger partial charge in [-0.3, -0.25) is 9.78 Å². The number of nitrogens with zero attached hydrogens (tertiary/aromatic N) is 4. The van der Waals surface area contributed by atoms with Crippen molar-refractivity contribution in [2.75, 3.05) is 37.8 Å². The van der Waals surface area contributed by atoms with Crippen molar-refractivity contribution in [2.24, 2.45) is 0 Å². The molecule has 1 fully saturated rings. The van der Waals surface area contributed by atoms with Gasteiger partial charge in [0.05, 0.1) is 46.8 Å². The van der Waals surface area contributed by atoms with E-state index in [1.165, 1.54) is 25.1 Å². The highest BCUT2D eigenvalue weighted by Crippen LogP contribution is 2.29. The number of amides is 1. The number of nitrogens with one attached hydrogen (secondary N) is 2. The predicted octanol–water partition coefficient (Wildman–Crippen LogP) is 2.83. The van der Waals surface area contributed by atoms with E-state index in [1.54, 1.807) is 12.1 Å². The van der Waals surface area contributed by atoms with E-state index in [4.69, 9.17) is 4.74 Å². The topological polar surface area (TPSA) is 112 Å². The lowest BCUT2D eigenvalue weighted by Gasteiger charge is -2.36. The smallest absolute Gasteiger partial charge is 0.235 e. The molecule has 5 heterocycles. The molecule has 0 aromatic carbocycles. The van der Waals surface area contributed by atoms with Crippen LogP contribution >= 0.6 is 36.6 Å². The van der Waals surface area contributed by atoms with E-state index in [0.717, 1.165) is 23.6 Å². The summed E-state index contributed by atoms with van der Waals surface area (Å²) in [5.41, 5.74) is 2.45. The summed E-state index contributed by atoms with van der Waals surface area (Å²) in [7, 11) is 1.53. The molecule has 0 unspecified atom stereocenters. The highest BCUT2D eigenvalue weighted by molar-refractivity contribution is 8.00. The third-order valence-electron chi connectivity index (χ3n) is 6.37. The fraction of sp³-hybridized carbons (Fsp3) is 0.417. The molecule has 2 aliphatic rings. The fourth-order valence-electron chi connectivity index (χ4n) is 4.48. The summed E-state index contributed by atoms with van der Waals surface area (Å²) in [5.74, 6) is 0.998. The molecule has 37 heavy (non-hydrogen) atoms. The van der Waals surface area contributed by atoms with Crippen LogP contribution in [0.5, 0.6) is 5.88 Å². The van der Waals surface area contributed by atoms with Crippen LogP contribution in [0.4, 0.5) is 10.2 Å². The number of aliphatic hydroxyl groups is 1. The van der Waals surface area contributed by atoms with Crippen molar-refractivity contribution in [1.29, 1.82) is 0 Å². The SMILES string of the molecule is COc1ccc2ncc(F)c(CCN3CC[C@H](NCc4ccc5c(n4)NC(=O)CS5)[C@@H](O)C3)c2n1.Cl.Cl. The highest BCUT2D eigenvalue weighted by atomic mass is 35.5.